The number of nitrogens with one attached hydrogen (secondary N) is 1. The zero-order valence-corrected chi connectivity index (χ0v) is 12.2. The Morgan fingerprint density at radius 3 is 2.76 bits per heavy atom. The molecule has 21 heavy (non-hydrogen) atoms. The maximum Gasteiger partial charge on any atom is 0.251 e. The number of carbonyl (C=O) groups is 1. The Morgan fingerprint density at radius 2 is 1.95 bits per heavy atom. The molecule has 0 radical (unpaired) electrons. The molecule has 108 valence electrons. The molecule has 0 aliphatic carbocycles. The third kappa shape index (κ3) is 2.83. The molecule has 0 saturated carbocycles. The van der Waals surface area contributed by atoms with Gasteiger partial charge in [0, 0.05) is 12.1 Å². The van der Waals surface area contributed by atoms with Crippen LogP contribution < -0.4 is 11.1 Å². The van der Waals surface area contributed by atoms with Gasteiger partial charge in [0.25, 0.3) is 5.91 Å². The van der Waals surface area contributed by atoms with Gasteiger partial charge in [0.2, 0.25) is 0 Å². The molecule has 1 aliphatic heterocycles. The van der Waals surface area contributed by atoms with Crippen molar-refractivity contribution in [3.63, 3.8) is 0 Å². The van der Waals surface area contributed by atoms with Gasteiger partial charge in [-0.05, 0) is 42.5 Å². The summed E-state index contributed by atoms with van der Waals surface area (Å²) in [5.74, 6) is 0.0146. The molecule has 1 atom stereocenters. The van der Waals surface area contributed by atoms with Gasteiger partial charge in [-0.25, -0.2) is 0 Å². The fourth-order valence-electron chi connectivity index (χ4n) is 2.85. The Balaban J connectivity index is 1.98. The van der Waals surface area contributed by atoms with Crippen molar-refractivity contribution in [3.8, 4) is 0 Å². The van der Waals surface area contributed by atoms with Gasteiger partial charge in [0.05, 0.1) is 6.04 Å². The van der Waals surface area contributed by atoms with Gasteiger partial charge in [0.1, 0.15) is 0 Å². The number of amides is 1. The van der Waals surface area contributed by atoms with Crippen molar-refractivity contribution in [3.05, 3.63) is 70.3 Å². The van der Waals surface area contributed by atoms with Crippen LogP contribution in [0.3, 0.4) is 0 Å². The first-order valence-electron chi connectivity index (χ1n) is 7.38. The van der Waals surface area contributed by atoms with Crippen LogP contribution in [0.15, 0.2) is 42.5 Å². The lowest BCUT2D eigenvalue weighted by atomic mass is 9.93. The van der Waals surface area contributed by atoms with Gasteiger partial charge in [0.15, 0.2) is 0 Å². The molecule has 2 aromatic carbocycles. The molecule has 1 heterocycles. The molecule has 0 fully saturated rings. The third-order valence-corrected chi connectivity index (χ3v) is 4.05. The van der Waals surface area contributed by atoms with Crippen molar-refractivity contribution < 1.29 is 4.79 Å². The number of hydrogen-bond donors (Lipinski definition) is 2. The fourth-order valence-corrected chi connectivity index (χ4v) is 2.85. The van der Waals surface area contributed by atoms with Crippen LogP contribution in [-0.4, -0.2) is 12.5 Å². The number of rotatable bonds is 2. The van der Waals surface area contributed by atoms with Gasteiger partial charge in [-0.1, -0.05) is 42.0 Å². The lowest BCUT2D eigenvalue weighted by molar-refractivity contribution is 0.0956. The first-order chi connectivity index (χ1) is 10.1. The van der Waals surface area contributed by atoms with Crippen LogP contribution in [0.25, 0.3) is 0 Å². The topological polar surface area (TPSA) is 55.1 Å². The number of fused-ring (bicyclic) bond motifs is 1. The molecule has 0 aromatic heterocycles. The number of aryl methyl sites for hydroxylation is 2. The minimum absolute atomic E-state index is 0.0146. The van der Waals surface area contributed by atoms with E-state index in [1.807, 2.05) is 30.3 Å². The highest BCUT2D eigenvalue weighted by Gasteiger charge is 2.17. The SMILES string of the molecule is Cc1cccc(C(N)c2ccc3c(c2)C(=O)NCCC3)c1. The second-order valence-corrected chi connectivity index (χ2v) is 5.67. The van der Waals surface area contributed by atoms with E-state index >= 15 is 0 Å². The summed E-state index contributed by atoms with van der Waals surface area (Å²) >= 11 is 0. The van der Waals surface area contributed by atoms with Crippen molar-refractivity contribution in [2.75, 3.05) is 6.54 Å². The molecular formula is C18H20N2O. The van der Waals surface area contributed by atoms with Gasteiger partial charge in [-0.15, -0.1) is 0 Å². The lowest BCUT2D eigenvalue weighted by Crippen LogP contribution is -2.23. The highest BCUT2D eigenvalue weighted by Crippen LogP contribution is 2.24. The third-order valence-electron chi connectivity index (χ3n) is 4.05. The number of hydrogen-bond acceptors (Lipinski definition) is 2. The molecule has 0 saturated heterocycles. The van der Waals surface area contributed by atoms with Crippen LogP contribution in [-0.2, 0) is 6.42 Å². The van der Waals surface area contributed by atoms with Gasteiger partial charge < -0.3 is 11.1 Å². The van der Waals surface area contributed by atoms with Crippen LogP contribution in [0, 0.1) is 6.92 Å². The normalized spacial score (nSPS) is 15.8. The average molecular weight is 280 g/mol. The zero-order valence-electron chi connectivity index (χ0n) is 12.2. The molecular weight excluding hydrogens is 260 g/mol. The highest BCUT2D eigenvalue weighted by molar-refractivity contribution is 5.96. The molecule has 0 spiro atoms. The summed E-state index contributed by atoms with van der Waals surface area (Å²) in [6, 6.07) is 14.0. The molecule has 3 heteroatoms. The lowest BCUT2D eigenvalue weighted by Gasteiger charge is -2.15. The predicted molar refractivity (Wildman–Crippen MR) is 84.3 cm³/mol. The largest absolute Gasteiger partial charge is 0.352 e. The molecule has 3 nitrogen and oxygen atoms in total. The highest BCUT2D eigenvalue weighted by atomic mass is 16.1. The summed E-state index contributed by atoms with van der Waals surface area (Å²) in [6.45, 7) is 2.80. The van der Waals surface area contributed by atoms with Crippen LogP contribution in [0.4, 0.5) is 0 Å². The molecule has 0 bridgehead atoms. The summed E-state index contributed by atoms with van der Waals surface area (Å²) in [5, 5.41) is 2.94. The first kappa shape index (κ1) is 13.8. The Labute approximate surface area is 125 Å². The van der Waals surface area contributed by atoms with E-state index in [4.69, 9.17) is 5.73 Å². The Kier molecular flexibility index (Phi) is 3.76. The van der Waals surface area contributed by atoms with E-state index < -0.39 is 0 Å². The molecule has 1 aliphatic rings. The molecule has 1 amide bonds. The van der Waals surface area contributed by atoms with Crippen LogP contribution in [0.1, 0.15) is 45.1 Å². The van der Waals surface area contributed by atoms with Gasteiger partial charge in [-0.2, -0.15) is 0 Å². The first-order valence-corrected chi connectivity index (χ1v) is 7.38. The van der Waals surface area contributed by atoms with Crippen molar-refractivity contribution in [1.82, 2.24) is 5.32 Å². The van der Waals surface area contributed by atoms with E-state index in [0.29, 0.717) is 0 Å². The molecule has 3 rings (SSSR count). The Bertz CT molecular complexity index is 679. The summed E-state index contributed by atoms with van der Waals surface area (Å²) in [6.07, 6.45) is 1.93. The smallest absolute Gasteiger partial charge is 0.251 e. The van der Waals surface area contributed by atoms with E-state index in [-0.39, 0.29) is 11.9 Å². The fraction of sp³-hybridized carbons (Fsp3) is 0.278. The van der Waals surface area contributed by atoms with Crippen LogP contribution >= 0.6 is 0 Å². The summed E-state index contributed by atoms with van der Waals surface area (Å²) in [7, 11) is 0. The minimum atomic E-state index is -0.203. The van der Waals surface area contributed by atoms with Gasteiger partial charge in [-0.3, -0.25) is 4.79 Å². The molecule has 1 unspecified atom stereocenters. The van der Waals surface area contributed by atoms with Crippen molar-refractivity contribution in [2.24, 2.45) is 5.73 Å². The second kappa shape index (κ2) is 5.70. The second-order valence-electron chi connectivity index (χ2n) is 5.67. The maximum absolute atomic E-state index is 12.1. The van der Waals surface area contributed by atoms with Gasteiger partial charge >= 0.3 is 0 Å². The number of nitrogens with two attached hydrogens (primary N) is 1. The average Bonchev–Trinajstić information content (AvgIpc) is 2.68. The van der Waals surface area contributed by atoms with Crippen molar-refractivity contribution in [1.29, 1.82) is 0 Å². The Morgan fingerprint density at radius 1 is 1.14 bits per heavy atom. The van der Waals surface area contributed by atoms with Crippen molar-refractivity contribution in [2.45, 2.75) is 25.8 Å². The number of benzene rings is 2. The van der Waals surface area contributed by atoms with Crippen molar-refractivity contribution >= 4 is 5.91 Å². The summed E-state index contributed by atoms with van der Waals surface area (Å²) < 4.78 is 0. The molecule has 2 aromatic rings. The van der Waals surface area contributed by atoms with Crippen LogP contribution in [0.5, 0.6) is 0 Å². The summed E-state index contributed by atoms with van der Waals surface area (Å²) in [4.78, 5) is 12.1. The standard InChI is InChI=1S/C18H20N2O/c1-12-4-2-5-14(10-12)17(19)15-8-7-13-6-3-9-20-18(21)16(13)11-15/h2,4-5,7-8,10-11,17H,3,6,9,19H2,1H3,(H,20,21). The van der Waals surface area contributed by atoms with E-state index in [0.717, 1.165) is 41.6 Å². The maximum atomic E-state index is 12.1. The van der Waals surface area contributed by atoms with E-state index in [9.17, 15) is 4.79 Å². The summed E-state index contributed by atoms with van der Waals surface area (Å²) in [5.41, 5.74) is 11.5. The minimum Gasteiger partial charge on any atom is -0.352 e. The van der Waals surface area contributed by atoms with Crippen LogP contribution in [0.2, 0.25) is 0 Å². The zero-order chi connectivity index (χ0) is 14.8. The van der Waals surface area contributed by atoms with E-state index in [1.54, 1.807) is 0 Å². The quantitative estimate of drug-likeness (QED) is 0.888. The molecule has 3 N–H and O–H groups in total. The number of carbonyl (C=O) groups excluding carboxylic acids is 1. The monoisotopic (exact) mass is 280 g/mol. The predicted octanol–water partition coefficient (Wildman–Crippen LogP) is 2.72. The van der Waals surface area contributed by atoms with E-state index in [2.05, 4.69) is 24.4 Å². The Hall–Kier alpha value is -2.13. The van der Waals surface area contributed by atoms with E-state index in [1.165, 1.54) is 5.56 Å².